The number of nitrogens with two attached hydrogens (primary N) is 1. The fourth-order valence-electron chi connectivity index (χ4n) is 0. The smallest absolute Gasteiger partial charge is 0.223 e. The van der Waals surface area contributed by atoms with Crippen molar-refractivity contribution in [3.05, 3.63) is 0 Å². The highest BCUT2D eigenvalue weighted by Crippen LogP contribution is 1.90. The second-order valence-electron chi connectivity index (χ2n) is 1.18. The molecule has 0 heterocycles. The van der Waals surface area contributed by atoms with Crippen LogP contribution in [0, 0.1) is 0 Å². The van der Waals surface area contributed by atoms with Gasteiger partial charge in [-0.3, -0.25) is 5.14 Å². The molecular formula is C2H8BNS. The highest BCUT2D eigenvalue weighted by Gasteiger charge is 1.89. The number of hydrogen-bond donors (Lipinski definition) is 1. The summed E-state index contributed by atoms with van der Waals surface area (Å²) in [6, 6.07) is 0. The fourth-order valence-corrected chi connectivity index (χ4v) is 0. The molecule has 0 aliphatic carbocycles. The topological polar surface area (TPSA) is 26.0 Å². The SMILES string of the molecule is CB(C)SN. The Hall–Kier alpha value is 0.375. The molecule has 1 nitrogen and oxygen atoms in total. The quantitative estimate of drug-likeness (QED) is 0.380. The molecule has 0 aromatic carbocycles. The Morgan fingerprint density at radius 1 is 1.60 bits per heavy atom. The van der Waals surface area contributed by atoms with E-state index >= 15 is 0 Å². The third-order valence-corrected chi connectivity index (χ3v) is 0.816. The summed E-state index contributed by atoms with van der Waals surface area (Å²) in [5.41, 5.74) is 0. The molecule has 0 spiro atoms. The van der Waals surface area contributed by atoms with Crippen LogP contribution in [0.3, 0.4) is 0 Å². The third-order valence-electron chi connectivity index (χ3n) is 0.272. The summed E-state index contributed by atoms with van der Waals surface area (Å²) in [4.78, 5) is 0. The van der Waals surface area contributed by atoms with Crippen LogP contribution in [-0.4, -0.2) is 5.99 Å². The summed E-state index contributed by atoms with van der Waals surface area (Å²) in [5, 5.41) is 5.09. The summed E-state index contributed by atoms with van der Waals surface area (Å²) >= 11 is 1.38. The van der Waals surface area contributed by atoms with Gasteiger partial charge in [0.15, 0.2) is 0 Å². The van der Waals surface area contributed by atoms with E-state index in [1.54, 1.807) is 0 Å². The van der Waals surface area contributed by atoms with Gasteiger partial charge in [-0.05, 0) is 0 Å². The van der Waals surface area contributed by atoms with Gasteiger partial charge < -0.3 is 0 Å². The van der Waals surface area contributed by atoms with E-state index in [2.05, 4.69) is 13.6 Å². The molecule has 0 bridgehead atoms. The van der Waals surface area contributed by atoms with Crippen LogP contribution in [0.5, 0.6) is 0 Å². The molecule has 0 unspecified atom stereocenters. The molecule has 0 saturated heterocycles. The van der Waals surface area contributed by atoms with Crippen molar-refractivity contribution in [2.24, 2.45) is 5.14 Å². The molecule has 0 radical (unpaired) electrons. The van der Waals surface area contributed by atoms with E-state index in [9.17, 15) is 0 Å². The van der Waals surface area contributed by atoms with Gasteiger partial charge in [0, 0.05) is 0 Å². The Morgan fingerprint density at radius 2 is 1.80 bits per heavy atom. The average molecular weight is 89.0 g/mol. The Labute approximate surface area is 37.4 Å². The van der Waals surface area contributed by atoms with Crippen LogP contribution < -0.4 is 5.14 Å². The summed E-state index contributed by atoms with van der Waals surface area (Å²) in [7, 11) is 0. The van der Waals surface area contributed by atoms with E-state index in [0.29, 0.717) is 5.99 Å². The van der Waals surface area contributed by atoms with E-state index in [1.807, 2.05) is 0 Å². The monoisotopic (exact) mass is 89.0 g/mol. The zero-order chi connectivity index (χ0) is 4.28. The van der Waals surface area contributed by atoms with Gasteiger partial charge in [-0.2, -0.15) is 0 Å². The van der Waals surface area contributed by atoms with Crippen molar-refractivity contribution < 1.29 is 0 Å². The Morgan fingerprint density at radius 3 is 1.80 bits per heavy atom. The van der Waals surface area contributed by atoms with E-state index in [-0.39, 0.29) is 0 Å². The first-order valence-corrected chi connectivity index (χ1v) is 2.57. The van der Waals surface area contributed by atoms with Gasteiger partial charge in [0.1, 0.15) is 0 Å². The van der Waals surface area contributed by atoms with Crippen molar-refractivity contribution >= 4 is 17.8 Å². The molecule has 30 valence electrons. The van der Waals surface area contributed by atoms with Crippen LogP contribution in [0.4, 0.5) is 0 Å². The zero-order valence-corrected chi connectivity index (χ0v) is 4.38. The van der Waals surface area contributed by atoms with Gasteiger partial charge in [0.05, 0.1) is 0 Å². The van der Waals surface area contributed by atoms with E-state index in [4.69, 9.17) is 5.14 Å². The minimum absolute atomic E-state index is 0.579. The number of hydrogen-bond acceptors (Lipinski definition) is 2. The third kappa shape index (κ3) is 4.37. The predicted octanol–water partition coefficient (Wildman–Crippen LogP) is 0.844. The molecule has 3 heteroatoms. The minimum Gasteiger partial charge on any atom is -0.287 e. The summed E-state index contributed by atoms with van der Waals surface area (Å²) in [6.45, 7) is 4.12. The van der Waals surface area contributed by atoms with Crippen LogP contribution in [0.25, 0.3) is 0 Å². The molecule has 0 aromatic heterocycles. The van der Waals surface area contributed by atoms with Crippen molar-refractivity contribution in [1.29, 1.82) is 0 Å². The Balaban J connectivity index is 2.54. The summed E-state index contributed by atoms with van der Waals surface area (Å²) < 4.78 is 0. The highest BCUT2D eigenvalue weighted by molar-refractivity contribution is 8.23. The van der Waals surface area contributed by atoms with E-state index < -0.39 is 0 Å². The van der Waals surface area contributed by atoms with E-state index in [0.717, 1.165) is 0 Å². The largest absolute Gasteiger partial charge is 0.287 e. The van der Waals surface area contributed by atoms with Gasteiger partial charge in [-0.15, -0.1) is 11.8 Å². The van der Waals surface area contributed by atoms with Gasteiger partial charge >= 0.3 is 0 Å². The van der Waals surface area contributed by atoms with Gasteiger partial charge in [0.25, 0.3) is 0 Å². The molecule has 0 atom stereocenters. The zero-order valence-electron chi connectivity index (χ0n) is 3.56. The molecule has 0 aliphatic rings. The highest BCUT2D eigenvalue weighted by atomic mass is 32.2. The second-order valence-corrected chi connectivity index (χ2v) is 2.40. The predicted molar refractivity (Wildman–Crippen MR) is 29.3 cm³/mol. The van der Waals surface area contributed by atoms with Crippen molar-refractivity contribution in [2.45, 2.75) is 13.6 Å². The molecule has 0 aliphatic heterocycles. The van der Waals surface area contributed by atoms with Crippen LogP contribution in [0.15, 0.2) is 0 Å². The van der Waals surface area contributed by atoms with Crippen molar-refractivity contribution in [1.82, 2.24) is 0 Å². The van der Waals surface area contributed by atoms with Crippen molar-refractivity contribution in [3.8, 4) is 0 Å². The van der Waals surface area contributed by atoms with Gasteiger partial charge in [0.2, 0.25) is 5.99 Å². The maximum Gasteiger partial charge on any atom is 0.223 e. The molecular weight excluding hydrogens is 80.9 g/mol. The van der Waals surface area contributed by atoms with Crippen molar-refractivity contribution in [2.75, 3.05) is 0 Å². The number of rotatable bonds is 1. The van der Waals surface area contributed by atoms with Crippen LogP contribution >= 0.6 is 11.8 Å². The van der Waals surface area contributed by atoms with Crippen LogP contribution in [-0.2, 0) is 0 Å². The first kappa shape index (κ1) is 5.37. The Bertz CT molecular complexity index is 23.6. The van der Waals surface area contributed by atoms with Gasteiger partial charge in [-0.1, -0.05) is 13.6 Å². The maximum atomic E-state index is 5.09. The fraction of sp³-hybridized carbons (Fsp3) is 1.00. The van der Waals surface area contributed by atoms with Crippen molar-refractivity contribution in [3.63, 3.8) is 0 Å². The molecule has 0 aromatic rings. The summed E-state index contributed by atoms with van der Waals surface area (Å²) in [5.74, 6) is 0.579. The summed E-state index contributed by atoms with van der Waals surface area (Å²) in [6.07, 6.45) is 0. The minimum atomic E-state index is 0.579. The normalized spacial score (nSPS) is 7.80. The van der Waals surface area contributed by atoms with E-state index in [1.165, 1.54) is 11.8 Å². The lowest BCUT2D eigenvalue weighted by atomic mass is 9.84. The first-order chi connectivity index (χ1) is 2.27. The lowest BCUT2D eigenvalue weighted by Gasteiger charge is -1.85. The average Bonchev–Trinajstić information content (AvgIpc) is 1.38. The molecule has 0 amide bonds. The molecule has 5 heavy (non-hydrogen) atoms. The first-order valence-electron chi connectivity index (χ1n) is 1.63. The molecule has 0 saturated carbocycles. The lowest BCUT2D eigenvalue weighted by Crippen LogP contribution is -1.95. The van der Waals surface area contributed by atoms with Crippen LogP contribution in [0.1, 0.15) is 0 Å². The van der Waals surface area contributed by atoms with Gasteiger partial charge in [-0.25, -0.2) is 0 Å². The molecule has 0 rings (SSSR count). The molecule has 2 N–H and O–H groups in total. The molecule has 0 fully saturated rings. The standard InChI is InChI=1S/C2H8BNS/c1-3(2)5-4/h4H2,1-2H3. The lowest BCUT2D eigenvalue weighted by molar-refractivity contribution is 2.02. The van der Waals surface area contributed by atoms with Crippen LogP contribution in [0.2, 0.25) is 13.6 Å². The second kappa shape index (κ2) is 2.60. The maximum absolute atomic E-state index is 5.09. The Kier molecular flexibility index (Phi) is 2.80.